The molecular weight excluding hydrogens is 493 g/mol. The Bertz CT molecular complexity index is 1140. The first-order valence-electron chi connectivity index (χ1n) is 10.7. The van der Waals surface area contributed by atoms with Gasteiger partial charge in [-0.25, -0.2) is 12.8 Å². The van der Waals surface area contributed by atoms with Crippen LogP contribution in [0.4, 0.5) is 23.4 Å². The van der Waals surface area contributed by atoms with Gasteiger partial charge in [0.15, 0.2) is 0 Å². The first-order valence-corrected chi connectivity index (χ1v) is 12.3. The summed E-state index contributed by atoms with van der Waals surface area (Å²) in [5, 5.41) is 19.2. The van der Waals surface area contributed by atoms with E-state index in [-0.39, 0.29) is 35.8 Å². The molecule has 14 heteroatoms. The number of pyridine rings is 1. The lowest BCUT2D eigenvalue weighted by Gasteiger charge is -2.42. The fraction of sp³-hybridized carbons (Fsp3) is 0.476. The number of benzene rings is 1. The van der Waals surface area contributed by atoms with E-state index in [9.17, 15) is 36.0 Å². The molecule has 2 N–H and O–H groups in total. The molecule has 0 amide bonds. The second-order valence-electron chi connectivity index (χ2n) is 9.18. The highest BCUT2D eigenvalue weighted by atomic mass is 32.2. The van der Waals surface area contributed by atoms with Crippen molar-refractivity contribution in [1.82, 2.24) is 9.29 Å². The Hall–Kier alpha value is -2.42. The molecule has 2 heterocycles. The van der Waals surface area contributed by atoms with Gasteiger partial charge in [-0.05, 0) is 50.0 Å². The van der Waals surface area contributed by atoms with Crippen LogP contribution in [-0.4, -0.2) is 72.3 Å². The van der Waals surface area contributed by atoms with E-state index in [2.05, 4.69) is 4.98 Å². The highest BCUT2D eigenvalue weighted by Crippen LogP contribution is 2.33. The summed E-state index contributed by atoms with van der Waals surface area (Å²) in [5.41, 5.74) is -0.644. The van der Waals surface area contributed by atoms with Crippen molar-refractivity contribution in [3.05, 3.63) is 47.8 Å². The summed E-state index contributed by atoms with van der Waals surface area (Å²) < 4.78 is 87.4. The highest BCUT2D eigenvalue weighted by molar-refractivity contribution is 7.88. The normalized spacial score (nSPS) is 18.0. The van der Waals surface area contributed by atoms with Crippen LogP contribution in [0.2, 0.25) is 0 Å². The second-order valence-corrected chi connectivity index (χ2v) is 11.1. The number of anilines is 1. The number of hydrogen-bond donors (Lipinski definition) is 2. The van der Waals surface area contributed by atoms with Gasteiger partial charge in [0.2, 0.25) is 15.9 Å². The van der Waals surface area contributed by atoms with E-state index >= 15 is 0 Å². The van der Waals surface area contributed by atoms with Gasteiger partial charge in [0.25, 0.3) is 0 Å². The molecule has 1 saturated heterocycles. The van der Waals surface area contributed by atoms with E-state index in [1.165, 1.54) is 18.2 Å². The fourth-order valence-electron chi connectivity index (χ4n) is 3.62. The van der Waals surface area contributed by atoms with Crippen molar-refractivity contribution in [2.45, 2.75) is 44.3 Å². The fourth-order valence-corrected chi connectivity index (χ4v) is 5.14. The van der Waals surface area contributed by atoms with Gasteiger partial charge in [-0.3, -0.25) is 0 Å². The van der Waals surface area contributed by atoms with Crippen LogP contribution < -0.4 is 15.1 Å². The minimum Gasteiger partial charge on any atom is -0.472 e. The number of piperazine rings is 1. The van der Waals surface area contributed by atoms with E-state index in [0.717, 1.165) is 27.4 Å². The molecule has 1 aliphatic rings. The molecule has 0 spiro atoms. The number of nitrogens with zero attached hydrogens (tertiary/aromatic N) is 3. The minimum atomic E-state index is -4.83. The molecule has 3 rings (SSSR count). The van der Waals surface area contributed by atoms with Crippen LogP contribution in [0.5, 0.6) is 5.88 Å². The summed E-state index contributed by atoms with van der Waals surface area (Å²) in [6.45, 7) is 3.56. The maximum Gasteiger partial charge on any atom is 0.488 e. The number of halogens is 4. The molecule has 192 valence electrons. The Labute approximate surface area is 201 Å². The van der Waals surface area contributed by atoms with Crippen molar-refractivity contribution in [3.63, 3.8) is 0 Å². The molecule has 8 nitrogen and oxygen atoms in total. The maximum atomic E-state index is 14.1. The van der Waals surface area contributed by atoms with Gasteiger partial charge in [0.1, 0.15) is 23.3 Å². The summed E-state index contributed by atoms with van der Waals surface area (Å²) in [6.07, 6.45) is -4.83. The number of sulfonamides is 1. The molecule has 0 radical (unpaired) electrons. The Balaban J connectivity index is 1.92. The molecule has 1 aliphatic heterocycles. The van der Waals surface area contributed by atoms with E-state index in [1.807, 2.05) is 0 Å². The van der Waals surface area contributed by atoms with Gasteiger partial charge in [0, 0.05) is 25.7 Å². The lowest BCUT2D eigenvalue weighted by atomic mass is 9.81. The van der Waals surface area contributed by atoms with Crippen LogP contribution >= 0.6 is 0 Å². The van der Waals surface area contributed by atoms with Crippen LogP contribution in [0.15, 0.2) is 36.4 Å². The van der Waals surface area contributed by atoms with Crippen LogP contribution in [0.1, 0.15) is 26.3 Å². The van der Waals surface area contributed by atoms with Crippen LogP contribution in [0.3, 0.4) is 0 Å². The molecule has 2 aromatic rings. The molecule has 0 bridgehead atoms. The zero-order valence-electron chi connectivity index (χ0n) is 19.3. The highest BCUT2D eigenvalue weighted by Gasteiger charge is 2.49. The van der Waals surface area contributed by atoms with Crippen molar-refractivity contribution in [1.29, 1.82) is 0 Å². The topological polar surface area (TPSA) is 103 Å². The third kappa shape index (κ3) is 7.06. The zero-order valence-corrected chi connectivity index (χ0v) is 20.1. The van der Waals surface area contributed by atoms with Crippen LogP contribution in [0, 0.1) is 5.82 Å². The SMILES string of the molecule is CC(C)(C)Oc1cc(B(O)O)cc(N2CCN(S(=O)(=O)Cc3ccc(F)cc3)CC2C(F)(F)F)n1. The molecule has 1 aromatic carbocycles. The molecular formula is C21H26BF4N3O5S. The van der Waals surface area contributed by atoms with Gasteiger partial charge in [-0.1, -0.05) is 12.1 Å². The van der Waals surface area contributed by atoms with Crippen molar-refractivity contribution in [2.75, 3.05) is 24.5 Å². The minimum absolute atomic E-state index is 0.106. The third-order valence-corrected chi connectivity index (χ3v) is 7.01. The summed E-state index contributed by atoms with van der Waals surface area (Å²) in [7, 11) is -6.13. The molecule has 0 aliphatic carbocycles. The molecule has 35 heavy (non-hydrogen) atoms. The predicted molar refractivity (Wildman–Crippen MR) is 122 cm³/mol. The smallest absolute Gasteiger partial charge is 0.472 e. The number of rotatable bonds is 6. The first kappa shape index (κ1) is 27.2. The Morgan fingerprint density at radius 1 is 1.11 bits per heavy atom. The Morgan fingerprint density at radius 3 is 2.29 bits per heavy atom. The third-order valence-electron chi connectivity index (χ3n) is 5.19. The second kappa shape index (κ2) is 9.92. The molecule has 1 unspecified atom stereocenters. The van der Waals surface area contributed by atoms with Gasteiger partial charge >= 0.3 is 13.3 Å². The Kier molecular flexibility index (Phi) is 7.70. The monoisotopic (exact) mass is 519 g/mol. The van der Waals surface area contributed by atoms with Crippen LogP contribution in [-0.2, 0) is 15.8 Å². The number of hydrogen-bond acceptors (Lipinski definition) is 7. The average molecular weight is 519 g/mol. The largest absolute Gasteiger partial charge is 0.488 e. The number of aromatic nitrogens is 1. The Morgan fingerprint density at radius 2 is 1.74 bits per heavy atom. The zero-order chi connectivity index (χ0) is 26.2. The standard InChI is InChI=1S/C21H26BF4N3O5S/c1-20(2,3)34-19-11-15(22(30)31)10-18(27-19)29-9-8-28(12-17(29)21(24,25)26)35(32,33)13-14-4-6-16(23)7-5-14/h4-7,10-11,17,30-31H,8-9,12-13H2,1-3H3. The first-order chi connectivity index (χ1) is 16.0. The van der Waals surface area contributed by atoms with Crippen molar-refractivity contribution < 1.29 is 40.8 Å². The molecule has 1 aromatic heterocycles. The van der Waals surface area contributed by atoms with Gasteiger partial charge in [-0.15, -0.1) is 0 Å². The maximum absolute atomic E-state index is 14.1. The van der Waals surface area contributed by atoms with Crippen molar-refractivity contribution in [2.24, 2.45) is 0 Å². The van der Waals surface area contributed by atoms with Gasteiger partial charge < -0.3 is 19.7 Å². The lowest BCUT2D eigenvalue weighted by Crippen LogP contribution is -2.60. The quantitative estimate of drug-likeness (QED) is 0.442. The average Bonchev–Trinajstić information content (AvgIpc) is 2.72. The molecule has 1 fully saturated rings. The molecule has 0 saturated carbocycles. The predicted octanol–water partition coefficient (Wildman–Crippen LogP) is 1.66. The lowest BCUT2D eigenvalue weighted by molar-refractivity contribution is -0.153. The van der Waals surface area contributed by atoms with E-state index in [0.29, 0.717) is 0 Å². The van der Waals surface area contributed by atoms with Crippen molar-refractivity contribution >= 4 is 28.4 Å². The number of ether oxygens (including phenoxy) is 1. The summed E-state index contributed by atoms with van der Waals surface area (Å²) in [5.74, 6) is -1.47. The summed E-state index contributed by atoms with van der Waals surface area (Å²) >= 11 is 0. The van der Waals surface area contributed by atoms with Gasteiger partial charge in [-0.2, -0.15) is 22.5 Å². The van der Waals surface area contributed by atoms with Crippen LogP contribution in [0.25, 0.3) is 0 Å². The van der Waals surface area contributed by atoms with E-state index < -0.39 is 53.1 Å². The molecule has 1 atom stereocenters. The van der Waals surface area contributed by atoms with E-state index in [4.69, 9.17) is 4.74 Å². The summed E-state index contributed by atoms with van der Waals surface area (Å²) in [6, 6.07) is 4.74. The van der Waals surface area contributed by atoms with Gasteiger partial charge in [0.05, 0.1) is 5.75 Å². The van der Waals surface area contributed by atoms with Crippen molar-refractivity contribution in [3.8, 4) is 5.88 Å². The van der Waals surface area contributed by atoms with E-state index in [1.54, 1.807) is 20.8 Å². The summed E-state index contributed by atoms with van der Waals surface area (Å²) in [4.78, 5) is 5.01. The number of alkyl halides is 3.